The SMILES string of the molecule is CC(C)(C)OC(=O)Cc1nnc(Cc2nc3ccc(C4C=NN(C(F)F)C4)c(F)c3s2)o1. The van der Waals surface area contributed by atoms with Crippen LogP contribution < -0.4 is 0 Å². The number of rotatable bonds is 6. The van der Waals surface area contributed by atoms with Crippen molar-refractivity contribution in [3.63, 3.8) is 0 Å². The fraction of sp³-hybridized carbons (Fsp3) is 0.450. The van der Waals surface area contributed by atoms with Gasteiger partial charge in [0.05, 0.1) is 23.2 Å². The molecule has 0 spiro atoms. The number of thiazole rings is 1. The molecule has 1 atom stereocenters. The highest BCUT2D eigenvalue weighted by atomic mass is 32.1. The minimum absolute atomic E-state index is 0.0891. The van der Waals surface area contributed by atoms with Crippen LogP contribution in [0.1, 0.15) is 49.0 Å². The van der Waals surface area contributed by atoms with Gasteiger partial charge < -0.3 is 9.15 Å². The fourth-order valence-corrected chi connectivity index (χ4v) is 4.22. The molecule has 3 aromatic rings. The van der Waals surface area contributed by atoms with E-state index in [0.717, 1.165) is 11.3 Å². The van der Waals surface area contributed by atoms with Gasteiger partial charge in [-0.15, -0.1) is 21.5 Å². The Labute approximate surface area is 185 Å². The number of benzene rings is 1. The van der Waals surface area contributed by atoms with E-state index in [1.807, 2.05) is 0 Å². The molecule has 170 valence electrons. The fourth-order valence-electron chi connectivity index (χ4n) is 3.22. The van der Waals surface area contributed by atoms with Crippen LogP contribution in [0.3, 0.4) is 0 Å². The third kappa shape index (κ3) is 4.90. The summed E-state index contributed by atoms with van der Waals surface area (Å²) in [6.45, 7) is 2.46. The molecule has 1 aliphatic heterocycles. The van der Waals surface area contributed by atoms with Crippen LogP contribution in [-0.4, -0.2) is 51.1 Å². The molecule has 0 aliphatic carbocycles. The van der Waals surface area contributed by atoms with Gasteiger partial charge in [0.2, 0.25) is 11.8 Å². The van der Waals surface area contributed by atoms with E-state index in [0.29, 0.717) is 20.2 Å². The topological polar surface area (TPSA) is 93.7 Å². The Morgan fingerprint density at radius 2 is 2.06 bits per heavy atom. The van der Waals surface area contributed by atoms with Gasteiger partial charge in [0.15, 0.2) is 0 Å². The van der Waals surface area contributed by atoms with Gasteiger partial charge in [0, 0.05) is 12.1 Å². The lowest BCUT2D eigenvalue weighted by Gasteiger charge is -2.18. The molecule has 0 N–H and O–H groups in total. The molecule has 0 saturated heterocycles. The number of alkyl halides is 2. The Bertz CT molecular complexity index is 1170. The van der Waals surface area contributed by atoms with Crippen molar-refractivity contribution in [3.05, 3.63) is 40.3 Å². The summed E-state index contributed by atoms with van der Waals surface area (Å²) < 4.78 is 51.7. The van der Waals surface area contributed by atoms with Gasteiger partial charge in [-0.3, -0.25) is 4.79 Å². The first-order valence-electron chi connectivity index (χ1n) is 9.79. The van der Waals surface area contributed by atoms with E-state index in [1.165, 1.54) is 6.21 Å². The predicted molar refractivity (Wildman–Crippen MR) is 110 cm³/mol. The van der Waals surface area contributed by atoms with Gasteiger partial charge >= 0.3 is 12.5 Å². The summed E-state index contributed by atoms with van der Waals surface area (Å²) in [4.78, 5) is 16.3. The van der Waals surface area contributed by atoms with Crippen molar-refractivity contribution in [1.29, 1.82) is 0 Å². The lowest BCUT2D eigenvalue weighted by Crippen LogP contribution is -2.24. The zero-order valence-corrected chi connectivity index (χ0v) is 18.3. The van der Waals surface area contributed by atoms with Crippen molar-refractivity contribution in [2.75, 3.05) is 6.54 Å². The summed E-state index contributed by atoms with van der Waals surface area (Å²) in [5.41, 5.74) is 0.115. The Kier molecular flexibility index (Phi) is 5.89. The first-order chi connectivity index (χ1) is 15.1. The average Bonchev–Trinajstić information content (AvgIpc) is 3.40. The first kappa shape index (κ1) is 22.2. The maximum Gasteiger partial charge on any atom is 0.329 e. The van der Waals surface area contributed by atoms with Gasteiger partial charge in [-0.25, -0.2) is 14.4 Å². The minimum Gasteiger partial charge on any atom is -0.460 e. The Morgan fingerprint density at radius 3 is 2.75 bits per heavy atom. The van der Waals surface area contributed by atoms with E-state index in [4.69, 9.17) is 9.15 Å². The summed E-state index contributed by atoms with van der Waals surface area (Å²) >= 11 is 1.12. The maximum atomic E-state index is 15.1. The second-order valence-electron chi connectivity index (χ2n) is 8.22. The van der Waals surface area contributed by atoms with Crippen LogP contribution >= 0.6 is 11.3 Å². The minimum atomic E-state index is -2.73. The van der Waals surface area contributed by atoms with Gasteiger partial charge in [0.25, 0.3) is 0 Å². The highest BCUT2D eigenvalue weighted by Crippen LogP contribution is 2.33. The zero-order chi connectivity index (χ0) is 23.0. The number of ether oxygens (including phenoxy) is 1. The van der Waals surface area contributed by atoms with Crippen LogP contribution in [0.15, 0.2) is 21.7 Å². The lowest BCUT2D eigenvalue weighted by molar-refractivity contribution is -0.154. The van der Waals surface area contributed by atoms with E-state index in [1.54, 1.807) is 32.9 Å². The Balaban J connectivity index is 1.47. The first-order valence-corrected chi connectivity index (χ1v) is 10.6. The van der Waals surface area contributed by atoms with Crippen molar-refractivity contribution >= 4 is 33.7 Å². The molecule has 4 rings (SSSR count). The molecular formula is C20H20F3N5O3S. The van der Waals surface area contributed by atoms with E-state index >= 15 is 4.39 Å². The molecule has 12 heteroatoms. The summed E-state index contributed by atoms with van der Waals surface area (Å²) in [7, 11) is 0. The van der Waals surface area contributed by atoms with Crippen LogP contribution in [-0.2, 0) is 22.4 Å². The number of carbonyl (C=O) groups excluding carboxylic acids is 1. The third-order valence-corrected chi connectivity index (χ3v) is 5.57. The number of fused-ring (bicyclic) bond motifs is 1. The third-order valence-electron chi connectivity index (χ3n) is 4.50. The second-order valence-corrected chi connectivity index (χ2v) is 9.31. The molecule has 1 aromatic carbocycles. The molecule has 0 saturated carbocycles. The molecule has 1 unspecified atom stereocenters. The Morgan fingerprint density at radius 1 is 1.31 bits per heavy atom. The number of hydrazone groups is 1. The summed E-state index contributed by atoms with van der Waals surface area (Å²) in [5, 5.41) is 12.6. The standard InChI is InChI=1S/C20H20F3N5O3S/c1-20(2,3)31-16(29)7-14-27-26-13(30-14)6-15-25-12-5-4-11(17(21)18(12)32-15)10-8-24-28(9-10)19(22)23/h4-5,8,10,19H,6-7,9H2,1-3H3. The van der Waals surface area contributed by atoms with Crippen LogP contribution in [0, 0.1) is 5.82 Å². The monoisotopic (exact) mass is 467 g/mol. The summed E-state index contributed by atoms with van der Waals surface area (Å²) in [6, 6.07) is 3.19. The molecule has 2 aromatic heterocycles. The van der Waals surface area contributed by atoms with E-state index in [2.05, 4.69) is 20.3 Å². The number of halogens is 3. The number of carbonyl (C=O) groups is 1. The van der Waals surface area contributed by atoms with Crippen molar-refractivity contribution in [3.8, 4) is 0 Å². The van der Waals surface area contributed by atoms with Gasteiger partial charge in [-0.1, -0.05) is 6.07 Å². The molecule has 0 fully saturated rings. The maximum absolute atomic E-state index is 15.1. The van der Waals surface area contributed by atoms with Crippen molar-refractivity contribution in [2.24, 2.45) is 5.10 Å². The number of nitrogens with zero attached hydrogens (tertiary/aromatic N) is 5. The Hall–Kier alpha value is -3.02. The highest BCUT2D eigenvalue weighted by Gasteiger charge is 2.28. The molecule has 1 aliphatic rings. The summed E-state index contributed by atoms with van der Waals surface area (Å²) in [5.74, 6) is -1.20. The van der Waals surface area contributed by atoms with Crippen molar-refractivity contribution in [2.45, 2.75) is 51.7 Å². The van der Waals surface area contributed by atoms with E-state index < -0.39 is 29.9 Å². The van der Waals surface area contributed by atoms with Crippen LogP contribution in [0.4, 0.5) is 13.2 Å². The van der Waals surface area contributed by atoms with Gasteiger partial charge in [0.1, 0.15) is 22.8 Å². The van der Waals surface area contributed by atoms with E-state index in [9.17, 15) is 13.6 Å². The lowest BCUT2D eigenvalue weighted by atomic mass is 10.00. The van der Waals surface area contributed by atoms with Crippen molar-refractivity contribution in [1.82, 2.24) is 20.2 Å². The summed E-state index contributed by atoms with van der Waals surface area (Å²) in [6.07, 6.45) is 1.34. The predicted octanol–water partition coefficient (Wildman–Crippen LogP) is 3.90. The largest absolute Gasteiger partial charge is 0.460 e. The van der Waals surface area contributed by atoms with Gasteiger partial charge in [-0.05, 0) is 32.4 Å². The average molecular weight is 467 g/mol. The van der Waals surface area contributed by atoms with E-state index in [-0.39, 0.29) is 36.7 Å². The second kappa shape index (κ2) is 8.49. The molecule has 32 heavy (non-hydrogen) atoms. The van der Waals surface area contributed by atoms with Crippen LogP contribution in [0.25, 0.3) is 10.2 Å². The number of hydrogen-bond donors (Lipinski definition) is 0. The van der Waals surface area contributed by atoms with Crippen LogP contribution in [0.5, 0.6) is 0 Å². The highest BCUT2D eigenvalue weighted by molar-refractivity contribution is 7.18. The zero-order valence-electron chi connectivity index (χ0n) is 17.5. The number of esters is 1. The molecule has 0 amide bonds. The smallest absolute Gasteiger partial charge is 0.329 e. The normalized spacial score (nSPS) is 16.5. The van der Waals surface area contributed by atoms with Gasteiger partial charge in [-0.2, -0.15) is 13.9 Å². The molecule has 0 bridgehead atoms. The quantitative estimate of drug-likeness (QED) is 0.401. The van der Waals surface area contributed by atoms with Crippen LogP contribution in [0.2, 0.25) is 0 Å². The molecule has 0 radical (unpaired) electrons. The number of aromatic nitrogens is 3. The molecular weight excluding hydrogens is 447 g/mol. The molecule has 3 heterocycles. The number of hydrogen-bond acceptors (Lipinski definition) is 9. The van der Waals surface area contributed by atoms with Crippen molar-refractivity contribution < 1.29 is 27.1 Å². The molecule has 8 nitrogen and oxygen atoms in total.